The molecule has 0 fully saturated rings. The first-order chi connectivity index (χ1) is 46.5. The predicted octanol–water partition coefficient (Wildman–Crippen LogP) is 26.2. The van der Waals surface area contributed by atoms with Gasteiger partial charge in [-0.1, -0.05) is 242 Å². The summed E-state index contributed by atoms with van der Waals surface area (Å²) in [4.78, 5) is 6.91. The Kier molecular flexibility index (Phi) is 14.2. The van der Waals surface area contributed by atoms with Crippen molar-refractivity contribution in [1.29, 1.82) is 0 Å². The molecule has 5 nitrogen and oxygen atoms in total. The highest BCUT2D eigenvalue weighted by atomic mass is 35.5. The average Bonchev–Trinajstić information content (AvgIpc) is 1.56. The SMILES string of the molecule is Clc1ccc(-c2ccc(N(c3ccccc3)c3cc4ccccc4c4c3oc3ccc5ccccc5c34)cc2)cc1.c1ccc(N(c2ccccc2)c2ccc(-c3ccc(N(c4ccccc4)c4cc5ccccc5c5c4oc4ccc6ccccc6c45)cc3)cc2)cc1. The standard InChI is InChI=1S/C50H34N2O.C38H24ClNO/c1-4-16-39(17-5-1)51(40-18-6-2-7-19-40)42-29-24-35(25-30-42)36-26-31-43(32-27-36)52(41-20-8-3-9-21-41)46-34-38-15-11-13-23-45(38)49-48-44-22-12-10-14-37(44)28-33-47(48)53-50(46)49;39-29-19-14-25(15-20-29)26-16-21-31(22-17-26)40(30-10-2-1-3-11-30)34-24-28-9-5-7-13-33(28)37-36-32-12-6-4-8-27(32)18-23-35(36)41-38(34)37/h1-34H;1-24H. The summed E-state index contributed by atoms with van der Waals surface area (Å²) in [6.45, 7) is 0. The summed E-state index contributed by atoms with van der Waals surface area (Å²) in [5.41, 5.74) is 17.7. The zero-order chi connectivity index (χ0) is 62.5. The number of rotatable bonds is 11. The Morgan fingerprint density at radius 1 is 0.213 bits per heavy atom. The van der Waals surface area contributed by atoms with Crippen molar-refractivity contribution in [3.63, 3.8) is 0 Å². The zero-order valence-electron chi connectivity index (χ0n) is 51.0. The third kappa shape index (κ3) is 10.1. The number of fused-ring (bicyclic) bond motifs is 14. The van der Waals surface area contributed by atoms with E-state index in [9.17, 15) is 0 Å². The minimum Gasteiger partial charge on any atom is -0.454 e. The molecule has 18 aromatic rings. The molecule has 0 aliphatic carbocycles. The molecule has 0 spiro atoms. The van der Waals surface area contributed by atoms with Crippen LogP contribution in [0.4, 0.5) is 51.2 Å². The first-order valence-electron chi connectivity index (χ1n) is 31.7. The average molecular weight is 1220 g/mol. The number of anilines is 9. The Labute approximate surface area is 549 Å². The highest BCUT2D eigenvalue weighted by molar-refractivity contribution is 6.31. The fourth-order valence-electron chi connectivity index (χ4n) is 13.7. The molecule has 2 heterocycles. The molecule has 2 aromatic heterocycles. The summed E-state index contributed by atoms with van der Waals surface area (Å²) < 4.78 is 13.6. The van der Waals surface area contributed by atoms with E-state index in [1.165, 1.54) is 43.1 Å². The second-order valence-electron chi connectivity index (χ2n) is 23.7. The van der Waals surface area contributed by atoms with Crippen molar-refractivity contribution in [3.8, 4) is 22.3 Å². The molecule has 0 bridgehead atoms. The third-order valence-electron chi connectivity index (χ3n) is 18.1. The molecule has 0 radical (unpaired) electrons. The van der Waals surface area contributed by atoms with E-state index < -0.39 is 0 Å². The Bertz CT molecular complexity index is 5740. The Morgan fingerprint density at radius 3 is 0.830 bits per heavy atom. The van der Waals surface area contributed by atoms with Gasteiger partial charge in [-0.3, -0.25) is 0 Å². The van der Waals surface area contributed by atoms with Gasteiger partial charge in [0, 0.05) is 66.4 Å². The number of nitrogens with zero attached hydrogens (tertiary/aromatic N) is 3. The van der Waals surface area contributed by atoms with Crippen molar-refractivity contribution in [2.24, 2.45) is 0 Å². The molecule has 0 saturated heterocycles. The minimum atomic E-state index is 0.736. The number of furan rings is 2. The van der Waals surface area contributed by atoms with Crippen LogP contribution in [0.2, 0.25) is 5.02 Å². The molecule has 444 valence electrons. The van der Waals surface area contributed by atoms with E-state index in [1.54, 1.807) is 0 Å². The largest absolute Gasteiger partial charge is 0.454 e. The molecule has 6 heteroatoms. The fraction of sp³-hybridized carbons (Fsp3) is 0. The highest BCUT2D eigenvalue weighted by Gasteiger charge is 2.25. The van der Waals surface area contributed by atoms with Crippen LogP contribution in [-0.2, 0) is 0 Å². The van der Waals surface area contributed by atoms with Gasteiger partial charge in [0.25, 0.3) is 0 Å². The maximum Gasteiger partial charge on any atom is 0.160 e. The van der Waals surface area contributed by atoms with Crippen LogP contribution in [0.25, 0.3) is 109 Å². The second-order valence-corrected chi connectivity index (χ2v) is 24.1. The smallest absolute Gasteiger partial charge is 0.160 e. The third-order valence-corrected chi connectivity index (χ3v) is 18.3. The van der Waals surface area contributed by atoms with Crippen molar-refractivity contribution < 1.29 is 8.83 Å². The van der Waals surface area contributed by atoms with Gasteiger partial charge >= 0.3 is 0 Å². The van der Waals surface area contributed by atoms with Crippen LogP contribution in [0.5, 0.6) is 0 Å². The van der Waals surface area contributed by atoms with Gasteiger partial charge in [0.15, 0.2) is 11.2 Å². The van der Waals surface area contributed by atoms with Gasteiger partial charge in [0.1, 0.15) is 11.2 Å². The molecule has 0 saturated carbocycles. The normalized spacial score (nSPS) is 11.5. The lowest BCUT2D eigenvalue weighted by Crippen LogP contribution is -2.10. The molecule has 0 aliphatic rings. The maximum atomic E-state index is 6.87. The van der Waals surface area contributed by atoms with Crippen LogP contribution < -0.4 is 14.7 Å². The molecule has 18 rings (SSSR count). The van der Waals surface area contributed by atoms with Crippen molar-refractivity contribution in [3.05, 3.63) is 357 Å². The van der Waals surface area contributed by atoms with Gasteiger partial charge in [-0.05, 0) is 187 Å². The molecule has 0 aliphatic heterocycles. The number of hydrogen-bond acceptors (Lipinski definition) is 5. The van der Waals surface area contributed by atoms with Gasteiger partial charge in [-0.2, -0.15) is 0 Å². The van der Waals surface area contributed by atoms with Gasteiger partial charge in [0.05, 0.1) is 11.4 Å². The number of halogens is 1. The maximum absolute atomic E-state index is 6.87. The highest BCUT2D eigenvalue weighted by Crippen LogP contribution is 2.50. The summed E-state index contributed by atoms with van der Waals surface area (Å²) in [7, 11) is 0. The number of hydrogen-bond donors (Lipinski definition) is 0. The molecule has 16 aromatic carbocycles. The van der Waals surface area contributed by atoms with Crippen molar-refractivity contribution >= 4 is 150 Å². The summed E-state index contributed by atoms with van der Waals surface area (Å²) >= 11 is 6.14. The summed E-state index contributed by atoms with van der Waals surface area (Å²) in [6.07, 6.45) is 0. The van der Waals surface area contributed by atoms with E-state index in [1.807, 2.05) is 12.1 Å². The Hall–Kier alpha value is -12.2. The quantitative estimate of drug-likeness (QED) is 0.129. The monoisotopic (exact) mass is 1220 g/mol. The molecule has 0 atom stereocenters. The Balaban J connectivity index is 0.000000148. The van der Waals surface area contributed by atoms with Crippen LogP contribution in [0, 0.1) is 0 Å². The van der Waals surface area contributed by atoms with Crippen LogP contribution in [0.1, 0.15) is 0 Å². The topological polar surface area (TPSA) is 36.0 Å². The molecular weight excluding hydrogens is 1170 g/mol. The predicted molar refractivity (Wildman–Crippen MR) is 397 cm³/mol. The molecule has 0 N–H and O–H groups in total. The second kappa shape index (κ2) is 23.9. The number of benzene rings is 16. The van der Waals surface area contributed by atoms with Crippen LogP contribution in [0.3, 0.4) is 0 Å². The minimum absolute atomic E-state index is 0.736. The van der Waals surface area contributed by atoms with Gasteiger partial charge in [-0.15, -0.1) is 0 Å². The van der Waals surface area contributed by atoms with E-state index in [2.05, 4.69) is 354 Å². The lowest BCUT2D eigenvalue weighted by molar-refractivity contribution is 0.669. The van der Waals surface area contributed by atoms with Crippen LogP contribution in [-0.4, -0.2) is 0 Å². The fourth-order valence-corrected chi connectivity index (χ4v) is 13.9. The van der Waals surface area contributed by atoms with Gasteiger partial charge in [-0.25, -0.2) is 0 Å². The summed E-state index contributed by atoms with van der Waals surface area (Å²) in [5, 5.41) is 14.8. The van der Waals surface area contributed by atoms with Crippen molar-refractivity contribution in [1.82, 2.24) is 0 Å². The molecule has 0 unspecified atom stereocenters. The Morgan fingerprint density at radius 2 is 0.479 bits per heavy atom. The van der Waals surface area contributed by atoms with E-state index >= 15 is 0 Å². The van der Waals surface area contributed by atoms with Gasteiger partial charge < -0.3 is 23.5 Å². The first kappa shape index (κ1) is 55.9. The lowest BCUT2D eigenvalue weighted by atomic mass is 9.98. The molecule has 0 amide bonds. The lowest BCUT2D eigenvalue weighted by Gasteiger charge is -2.26. The van der Waals surface area contributed by atoms with Crippen LogP contribution >= 0.6 is 11.6 Å². The molecular formula is C88H58ClN3O2. The van der Waals surface area contributed by atoms with Crippen molar-refractivity contribution in [2.45, 2.75) is 0 Å². The van der Waals surface area contributed by atoms with E-state index in [4.69, 9.17) is 20.4 Å². The van der Waals surface area contributed by atoms with Crippen molar-refractivity contribution in [2.75, 3.05) is 14.7 Å². The number of para-hydroxylation sites is 4. The van der Waals surface area contributed by atoms with E-state index in [0.29, 0.717) is 0 Å². The van der Waals surface area contributed by atoms with E-state index in [-0.39, 0.29) is 0 Å². The summed E-state index contributed by atoms with van der Waals surface area (Å²) in [5.74, 6) is 0. The van der Waals surface area contributed by atoms with Crippen LogP contribution in [0.15, 0.2) is 361 Å². The van der Waals surface area contributed by atoms with Gasteiger partial charge in [0.2, 0.25) is 0 Å². The van der Waals surface area contributed by atoms with E-state index in [0.717, 1.165) is 122 Å². The first-order valence-corrected chi connectivity index (χ1v) is 32.1. The summed E-state index contributed by atoms with van der Waals surface area (Å²) in [6, 6.07) is 124. The molecule has 94 heavy (non-hydrogen) atoms. The zero-order valence-corrected chi connectivity index (χ0v) is 51.8.